The third-order valence-electron chi connectivity index (χ3n) is 3.94. The molecule has 0 saturated carbocycles. The van der Waals surface area contributed by atoms with Gasteiger partial charge >= 0.3 is 0 Å². The number of hydrogen-bond acceptors (Lipinski definition) is 2. The maximum absolute atomic E-state index is 13.4. The van der Waals surface area contributed by atoms with E-state index in [-0.39, 0.29) is 41.7 Å². The fraction of sp³-hybridized carbons (Fsp3) is 0.529. The fourth-order valence-corrected chi connectivity index (χ4v) is 3.04. The van der Waals surface area contributed by atoms with Crippen LogP contribution in [0.5, 0.6) is 0 Å². The third kappa shape index (κ3) is 6.73. The number of likely N-dealkylation sites (tertiary alicyclic amines) is 1. The lowest BCUT2D eigenvalue weighted by atomic mass is 10.2. The zero-order chi connectivity index (χ0) is 17.5. The summed E-state index contributed by atoms with van der Waals surface area (Å²) in [6.45, 7) is 6.46. The van der Waals surface area contributed by atoms with E-state index in [1.807, 2.05) is 18.7 Å². The first kappa shape index (κ1) is 22.1. The van der Waals surface area contributed by atoms with E-state index in [9.17, 15) is 9.18 Å². The quantitative estimate of drug-likeness (QED) is 0.352. The number of aliphatic imine (C=N–C) groups is 1. The van der Waals surface area contributed by atoms with E-state index in [1.54, 1.807) is 6.07 Å². The molecular weight excluding hydrogens is 502 g/mol. The van der Waals surface area contributed by atoms with Crippen LogP contribution in [0, 0.1) is 5.82 Å². The summed E-state index contributed by atoms with van der Waals surface area (Å²) in [6, 6.07) is 4.77. The lowest BCUT2D eigenvalue weighted by Crippen LogP contribution is -2.45. The number of guanidine groups is 1. The van der Waals surface area contributed by atoms with Crippen molar-refractivity contribution in [1.82, 2.24) is 15.5 Å². The summed E-state index contributed by atoms with van der Waals surface area (Å²) in [5.74, 6) is 0.597. The molecule has 25 heavy (non-hydrogen) atoms. The number of nitrogens with zero attached hydrogens (tertiary/aromatic N) is 2. The molecule has 0 bridgehead atoms. The smallest absolute Gasteiger partial charge is 0.222 e. The molecule has 1 fully saturated rings. The van der Waals surface area contributed by atoms with Crippen LogP contribution in [0.2, 0.25) is 0 Å². The Morgan fingerprint density at radius 1 is 1.44 bits per heavy atom. The first-order valence-corrected chi connectivity index (χ1v) is 9.09. The Morgan fingerprint density at radius 2 is 2.20 bits per heavy atom. The molecule has 0 aromatic heterocycles. The Hall–Kier alpha value is -0.900. The molecule has 1 amide bonds. The molecule has 2 rings (SSSR count). The molecule has 0 spiro atoms. The molecule has 8 heteroatoms. The fourth-order valence-electron chi connectivity index (χ4n) is 2.67. The van der Waals surface area contributed by atoms with E-state index in [0.29, 0.717) is 25.5 Å². The van der Waals surface area contributed by atoms with E-state index in [0.717, 1.165) is 29.5 Å². The molecule has 140 valence electrons. The summed E-state index contributed by atoms with van der Waals surface area (Å²) in [7, 11) is 0. The van der Waals surface area contributed by atoms with Crippen molar-refractivity contribution in [2.24, 2.45) is 4.99 Å². The van der Waals surface area contributed by atoms with Crippen LogP contribution in [-0.4, -0.2) is 42.4 Å². The SMILES string of the molecule is CCNC(=NCc1cc(F)ccc1Br)NC1CCN(C(=O)CC)C1.I. The number of hydrogen-bond donors (Lipinski definition) is 2. The molecule has 1 saturated heterocycles. The van der Waals surface area contributed by atoms with E-state index < -0.39 is 0 Å². The van der Waals surface area contributed by atoms with Crippen molar-refractivity contribution in [1.29, 1.82) is 0 Å². The normalized spacial score (nSPS) is 17.2. The van der Waals surface area contributed by atoms with Gasteiger partial charge in [0, 0.05) is 36.6 Å². The molecule has 2 N–H and O–H groups in total. The molecule has 1 aromatic rings. The van der Waals surface area contributed by atoms with Gasteiger partial charge in [0.1, 0.15) is 5.82 Å². The molecule has 1 aliphatic heterocycles. The topological polar surface area (TPSA) is 56.7 Å². The monoisotopic (exact) mass is 526 g/mol. The van der Waals surface area contributed by atoms with Crippen LogP contribution >= 0.6 is 39.9 Å². The minimum absolute atomic E-state index is 0. The van der Waals surface area contributed by atoms with Gasteiger partial charge in [0.15, 0.2) is 5.96 Å². The van der Waals surface area contributed by atoms with Crippen LogP contribution < -0.4 is 10.6 Å². The average Bonchev–Trinajstić information content (AvgIpc) is 3.03. The Balaban J connectivity index is 0.00000312. The Bertz CT molecular complexity index is 614. The predicted octanol–water partition coefficient (Wildman–Crippen LogP) is 3.27. The molecule has 1 heterocycles. The van der Waals surface area contributed by atoms with Gasteiger partial charge < -0.3 is 15.5 Å². The number of benzene rings is 1. The molecule has 1 aliphatic rings. The lowest BCUT2D eigenvalue weighted by molar-refractivity contribution is -0.129. The maximum Gasteiger partial charge on any atom is 0.222 e. The largest absolute Gasteiger partial charge is 0.357 e. The summed E-state index contributed by atoms with van der Waals surface area (Å²) in [5, 5.41) is 6.56. The van der Waals surface area contributed by atoms with Crippen LogP contribution in [0.4, 0.5) is 4.39 Å². The first-order chi connectivity index (χ1) is 11.5. The summed E-state index contributed by atoms with van der Waals surface area (Å²) >= 11 is 3.42. The Labute approximate surface area is 174 Å². The van der Waals surface area contributed by atoms with Crippen molar-refractivity contribution in [2.75, 3.05) is 19.6 Å². The highest BCUT2D eigenvalue weighted by Crippen LogP contribution is 2.18. The van der Waals surface area contributed by atoms with Gasteiger partial charge in [-0.15, -0.1) is 24.0 Å². The van der Waals surface area contributed by atoms with E-state index in [4.69, 9.17) is 0 Å². The van der Waals surface area contributed by atoms with Crippen LogP contribution in [0.3, 0.4) is 0 Å². The molecule has 1 unspecified atom stereocenters. The zero-order valence-corrected chi connectivity index (χ0v) is 18.4. The number of carbonyl (C=O) groups excluding carboxylic acids is 1. The summed E-state index contributed by atoms with van der Waals surface area (Å²) in [4.78, 5) is 18.2. The van der Waals surface area contributed by atoms with Gasteiger partial charge in [-0.1, -0.05) is 22.9 Å². The van der Waals surface area contributed by atoms with Crippen molar-refractivity contribution in [2.45, 2.75) is 39.3 Å². The number of amides is 1. The van der Waals surface area contributed by atoms with E-state index >= 15 is 0 Å². The molecular formula is C17H25BrFIN4O. The van der Waals surface area contributed by atoms with Crippen molar-refractivity contribution in [3.63, 3.8) is 0 Å². The van der Waals surface area contributed by atoms with Crippen molar-refractivity contribution in [3.8, 4) is 0 Å². The van der Waals surface area contributed by atoms with Gasteiger partial charge in [-0.25, -0.2) is 9.38 Å². The number of halogens is 3. The minimum Gasteiger partial charge on any atom is -0.357 e. The first-order valence-electron chi connectivity index (χ1n) is 8.30. The second-order valence-electron chi connectivity index (χ2n) is 5.75. The number of nitrogens with one attached hydrogen (secondary N) is 2. The molecule has 1 atom stereocenters. The summed E-state index contributed by atoms with van der Waals surface area (Å²) < 4.78 is 14.2. The molecule has 0 aliphatic carbocycles. The highest BCUT2D eigenvalue weighted by atomic mass is 127. The second-order valence-corrected chi connectivity index (χ2v) is 6.61. The zero-order valence-electron chi connectivity index (χ0n) is 14.5. The number of carbonyl (C=O) groups is 1. The van der Waals surface area contributed by atoms with Gasteiger partial charge in [-0.2, -0.15) is 0 Å². The van der Waals surface area contributed by atoms with Crippen LogP contribution in [-0.2, 0) is 11.3 Å². The van der Waals surface area contributed by atoms with Gasteiger partial charge in [-0.05, 0) is 37.1 Å². The predicted molar refractivity (Wildman–Crippen MR) is 113 cm³/mol. The van der Waals surface area contributed by atoms with Crippen molar-refractivity contribution >= 4 is 51.8 Å². The van der Waals surface area contributed by atoms with Gasteiger partial charge in [0.05, 0.1) is 6.54 Å². The van der Waals surface area contributed by atoms with Crippen molar-refractivity contribution in [3.05, 3.63) is 34.1 Å². The van der Waals surface area contributed by atoms with Gasteiger partial charge in [-0.3, -0.25) is 4.79 Å². The van der Waals surface area contributed by atoms with Crippen LogP contribution in [0.25, 0.3) is 0 Å². The Kier molecular flexibility index (Phi) is 9.70. The average molecular weight is 527 g/mol. The van der Waals surface area contributed by atoms with Crippen molar-refractivity contribution < 1.29 is 9.18 Å². The van der Waals surface area contributed by atoms with E-state index in [2.05, 4.69) is 31.6 Å². The summed E-state index contributed by atoms with van der Waals surface area (Å²) in [5.41, 5.74) is 0.793. The summed E-state index contributed by atoms with van der Waals surface area (Å²) in [6.07, 6.45) is 1.44. The van der Waals surface area contributed by atoms with Gasteiger partial charge in [0.25, 0.3) is 0 Å². The van der Waals surface area contributed by atoms with Gasteiger partial charge in [0.2, 0.25) is 5.91 Å². The standard InChI is InChI=1S/C17H24BrFN4O.HI/c1-3-16(24)23-8-7-14(11-23)22-17(20-4-2)21-10-12-9-13(19)5-6-15(12)18;/h5-6,9,14H,3-4,7-8,10-11H2,1-2H3,(H2,20,21,22);1H. The van der Waals surface area contributed by atoms with Crippen LogP contribution in [0.1, 0.15) is 32.3 Å². The second kappa shape index (κ2) is 10.9. The molecule has 1 aromatic carbocycles. The lowest BCUT2D eigenvalue weighted by Gasteiger charge is -2.18. The molecule has 5 nitrogen and oxygen atoms in total. The minimum atomic E-state index is -0.272. The third-order valence-corrected chi connectivity index (χ3v) is 4.72. The number of rotatable bonds is 5. The highest BCUT2D eigenvalue weighted by molar-refractivity contribution is 14.0. The molecule has 0 radical (unpaired) electrons. The van der Waals surface area contributed by atoms with Crippen LogP contribution in [0.15, 0.2) is 27.7 Å². The Morgan fingerprint density at radius 3 is 2.88 bits per heavy atom. The maximum atomic E-state index is 13.4. The van der Waals surface area contributed by atoms with E-state index in [1.165, 1.54) is 12.1 Å². The highest BCUT2D eigenvalue weighted by Gasteiger charge is 2.25.